The molecule has 0 amide bonds. The van der Waals surface area contributed by atoms with Crippen molar-refractivity contribution in [2.24, 2.45) is 0 Å². The number of aryl methyl sites for hydroxylation is 2. The quantitative estimate of drug-likeness (QED) is 0.568. The molecule has 0 unspecified atom stereocenters. The predicted molar refractivity (Wildman–Crippen MR) is 97.1 cm³/mol. The van der Waals surface area contributed by atoms with Crippen molar-refractivity contribution < 1.29 is 14.3 Å². The summed E-state index contributed by atoms with van der Waals surface area (Å²) in [6, 6.07) is 7.67. The van der Waals surface area contributed by atoms with Crippen LogP contribution in [-0.2, 0) is 13.1 Å². The number of benzene rings is 1. The molecule has 7 nitrogen and oxygen atoms in total. The first kappa shape index (κ1) is 17.2. The zero-order chi connectivity index (χ0) is 19.0. The van der Waals surface area contributed by atoms with Crippen molar-refractivity contribution in [3.8, 4) is 11.1 Å². The Morgan fingerprint density at radius 3 is 2.78 bits per heavy atom. The van der Waals surface area contributed by atoms with Crippen LogP contribution >= 0.6 is 11.6 Å². The molecule has 0 radical (unpaired) electrons. The zero-order valence-electron chi connectivity index (χ0n) is 13.9. The van der Waals surface area contributed by atoms with Gasteiger partial charge >= 0.3 is 5.97 Å². The van der Waals surface area contributed by atoms with Crippen molar-refractivity contribution in [2.45, 2.75) is 13.1 Å². The first-order chi connectivity index (χ1) is 13.0. The topological polar surface area (TPSA) is 85.8 Å². The third kappa shape index (κ3) is 3.26. The number of aromatic nitrogens is 5. The lowest BCUT2D eigenvalue weighted by Crippen LogP contribution is -2.08. The summed E-state index contributed by atoms with van der Waals surface area (Å²) in [6.45, 7) is 1.02. The van der Waals surface area contributed by atoms with E-state index in [0.29, 0.717) is 24.3 Å². The SMILES string of the molecule is O=C(O)c1ccc2c(-c3ccc(Cl)c(F)c3)cn(CCn3cncn3)c2n1. The number of hydrogen-bond donors (Lipinski definition) is 1. The number of carbonyl (C=O) groups is 1. The van der Waals surface area contributed by atoms with Crippen LogP contribution in [0, 0.1) is 5.82 Å². The van der Waals surface area contributed by atoms with Gasteiger partial charge in [-0.25, -0.2) is 19.2 Å². The van der Waals surface area contributed by atoms with Crippen LogP contribution in [0.25, 0.3) is 22.2 Å². The lowest BCUT2D eigenvalue weighted by atomic mass is 10.1. The number of carboxylic acid groups (broad SMARTS) is 1. The van der Waals surface area contributed by atoms with Gasteiger partial charge in [0.2, 0.25) is 0 Å². The van der Waals surface area contributed by atoms with Gasteiger partial charge in [-0.2, -0.15) is 5.10 Å². The highest BCUT2D eigenvalue weighted by Crippen LogP contribution is 2.32. The molecule has 3 aromatic heterocycles. The van der Waals surface area contributed by atoms with Gasteiger partial charge in [0.15, 0.2) is 5.69 Å². The average Bonchev–Trinajstić information content (AvgIpc) is 3.29. The molecule has 27 heavy (non-hydrogen) atoms. The predicted octanol–water partition coefficient (Wildman–Crippen LogP) is 3.49. The summed E-state index contributed by atoms with van der Waals surface area (Å²) in [6.07, 6.45) is 4.86. The highest BCUT2D eigenvalue weighted by Gasteiger charge is 2.15. The maximum Gasteiger partial charge on any atom is 0.354 e. The molecule has 3 heterocycles. The largest absolute Gasteiger partial charge is 0.477 e. The molecular weight excluding hydrogens is 373 g/mol. The molecule has 0 fully saturated rings. The van der Waals surface area contributed by atoms with Gasteiger partial charge in [0.1, 0.15) is 24.1 Å². The van der Waals surface area contributed by atoms with E-state index in [9.17, 15) is 14.3 Å². The molecule has 136 valence electrons. The molecule has 0 aliphatic rings. The fraction of sp³-hybridized carbons (Fsp3) is 0.111. The van der Waals surface area contributed by atoms with Crippen LogP contribution in [0.15, 0.2) is 49.2 Å². The summed E-state index contributed by atoms with van der Waals surface area (Å²) in [4.78, 5) is 19.5. The van der Waals surface area contributed by atoms with Crippen molar-refractivity contribution in [3.05, 3.63) is 65.7 Å². The fourth-order valence-corrected chi connectivity index (χ4v) is 3.02. The third-order valence-corrected chi connectivity index (χ3v) is 4.52. The molecule has 0 saturated carbocycles. The van der Waals surface area contributed by atoms with E-state index in [0.717, 1.165) is 10.9 Å². The number of aromatic carboxylic acids is 1. The van der Waals surface area contributed by atoms with Gasteiger partial charge in [-0.1, -0.05) is 17.7 Å². The minimum atomic E-state index is -1.11. The molecule has 0 aliphatic heterocycles. The zero-order valence-corrected chi connectivity index (χ0v) is 14.6. The van der Waals surface area contributed by atoms with Crippen molar-refractivity contribution in [3.63, 3.8) is 0 Å². The maximum atomic E-state index is 13.9. The van der Waals surface area contributed by atoms with Gasteiger partial charge in [-0.15, -0.1) is 0 Å². The summed E-state index contributed by atoms with van der Waals surface area (Å²) in [5.41, 5.74) is 1.81. The Balaban J connectivity index is 1.83. The van der Waals surface area contributed by atoms with Crippen molar-refractivity contribution in [1.82, 2.24) is 24.3 Å². The number of rotatable bonds is 5. The van der Waals surface area contributed by atoms with E-state index < -0.39 is 11.8 Å². The molecule has 4 rings (SSSR count). The van der Waals surface area contributed by atoms with Crippen LogP contribution < -0.4 is 0 Å². The second-order valence-corrected chi connectivity index (χ2v) is 6.30. The van der Waals surface area contributed by atoms with Gasteiger partial charge in [-0.05, 0) is 29.8 Å². The molecule has 4 aromatic rings. The molecule has 9 heteroatoms. The number of hydrogen-bond acceptors (Lipinski definition) is 4. The molecule has 1 N–H and O–H groups in total. The Kier molecular flexibility index (Phi) is 4.33. The van der Waals surface area contributed by atoms with Crippen LogP contribution in [0.1, 0.15) is 10.5 Å². The first-order valence-electron chi connectivity index (χ1n) is 8.04. The van der Waals surface area contributed by atoms with E-state index in [1.165, 1.54) is 24.5 Å². The Labute approximate surface area is 157 Å². The summed E-state index contributed by atoms with van der Waals surface area (Å²) >= 11 is 5.78. The standard InChI is InChI=1S/C18H13ClFN5O2/c19-14-3-1-11(7-15(14)20)13-8-24(5-6-25-10-21-9-22-25)17-12(13)2-4-16(23-17)18(26)27/h1-4,7-10H,5-6H2,(H,26,27). The Bertz CT molecular complexity index is 1140. The normalized spacial score (nSPS) is 11.2. The van der Waals surface area contributed by atoms with Crippen LogP contribution in [0.4, 0.5) is 4.39 Å². The van der Waals surface area contributed by atoms with Crippen LogP contribution in [0.3, 0.4) is 0 Å². The Morgan fingerprint density at radius 1 is 1.22 bits per heavy atom. The second kappa shape index (κ2) is 6.81. The molecular formula is C18H13ClFN5O2. The molecule has 0 aliphatic carbocycles. The molecule has 0 spiro atoms. The number of halogens is 2. The highest BCUT2D eigenvalue weighted by molar-refractivity contribution is 6.30. The van der Waals surface area contributed by atoms with E-state index in [1.54, 1.807) is 23.1 Å². The number of carboxylic acids is 1. The van der Waals surface area contributed by atoms with Crippen molar-refractivity contribution in [1.29, 1.82) is 0 Å². The summed E-state index contributed by atoms with van der Waals surface area (Å²) in [5, 5.41) is 14.1. The number of fused-ring (bicyclic) bond motifs is 1. The third-order valence-electron chi connectivity index (χ3n) is 4.21. The van der Waals surface area contributed by atoms with Gasteiger partial charge in [-0.3, -0.25) is 4.68 Å². The van der Waals surface area contributed by atoms with E-state index in [-0.39, 0.29) is 10.7 Å². The molecule has 1 aromatic carbocycles. The lowest BCUT2D eigenvalue weighted by Gasteiger charge is -2.05. The van der Waals surface area contributed by atoms with Gasteiger partial charge in [0.05, 0.1) is 11.6 Å². The minimum absolute atomic E-state index is 0.0416. The van der Waals surface area contributed by atoms with E-state index >= 15 is 0 Å². The van der Waals surface area contributed by atoms with Crippen molar-refractivity contribution in [2.75, 3.05) is 0 Å². The highest BCUT2D eigenvalue weighted by atomic mass is 35.5. The Hall–Kier alpha value is -3.26. The minimum Gasteiger partial charge on any atom is -0.477 e. The number of nitrogens with zero attached hydrogens (tertiary/aromatic N) is 5. The monoisotopic (exact) mass is 385 g/mol. The fourth-order valence-electron chi connectivity index (χ4n) is 2.91. The number of pyridine rings is 1. The van der Waals surface area contributed by atoms with Gasteiger partial charge in [0, 0.05) is 23.7 Å². The van der Waals surface area contributed by atoms with Gasteiger partial charge in [0.25, 0.3) is 0 Å². The van der Waals surface area contributed by atoms with Gasteiger partial charge < -0.3 is 9.67 Å². The smallest absolute Gasteiger partial charge is 0.354 e. The van der Waals surface area contributed by atoms with Crippen LogP contribution in [-0.4, -0.2) is 35.4 Å². The summed E-state index contributed by atoms with van der Waals surface area (Å²) in [5.74, 6) is -1.63. The van der Waals surface area contributed by atoms with Crippen LogP contribution in [0.5, 0.6) is 0 Å². The molecule has 0 bridgehead atoms. The van der Waals surface area contributed by atoms with Crippen LogP contribution in [0.2, 0.25) is 5.02 Å². The molecule has 0 atom stereocenters. The molecule has 0 saturated heterocycles. The first-order valence-corrected chi connectivity index (χ1v) is 8.42. The van der Waals surface area contributed by atoms with E-state index in [4.69, 9.17) is 11.6 Å². The van der Waals surface area contributed by atoms with Crippen molar-refractivity contribution >= 4 is 28.6 Å². The van der Waals surface area contributed by atoms with E-state index in [1.807, 2.05) is 10.8 Å². The summed E-state index contributed by atoms with van der Waals surface area (Å²) in [7, 11) is 0. The second-order valence-electron chi connectivity index (χ2n) is 5.90. The lowest BCUT2D eigenvalue weighted by molar-refractivity contribution is 0.0691. The maximum absolute atomic E-state index is 13.9. The summed E-state index contributed by atoms with van der Waals surface area (Å²) < 4.78 is 17.4. The Morgan fingerprint density at radius 2 is 2.07 bits per heavy atom. The average molecular weight is 386 g/mol. The van der Waals surface area contributed by atoms with E-state index in [2.05, 4.69) is 15.1 Å².